The first-order valence-electron chi connectivity index (χ1n) is 6.59. The maximum atomic E-state index is 12.0. The highest BCUT2D eigenvalue weighted by molar-refractivity contribution is 7.99. The van der Waals surface area contributed by atoms with Gasteiger partial charge in [0.05, 0.1) is 12.3 Å². The van der Waals surface area contributed by atoms with E-state index in [9.17, 15) is 4.79 Å². The number of ether oxygens (including phenoxy) is 1. The summed E-state index contributed by atoms with van der Waals surface area (Å²) in [6, 6.07) is 5.17. The topological polar surface area (TPSA) is 64.3 Å². The van der Waals surface area contributed by atoms with Gasteiger partial charge >= 0.3 is 0 Å². The molecule has 0 saturated carbocycles. The van der Waals surface area contributed by atoms with Gasteiger partial charge in [-0.05, 0) is 49.0 Å². The zero-order valence-electron chi connectivity index (χ0n) is 11.1. The van der Waals surface area contributed by atoms with Gasteiger partial charge in [-0.1, -0.05) is 0 Å². The molecule has 4 nitrogen and oxygen atoms in total. The second-order valence-electron chi connectivity index (χ2n) is 4.63. The van der Waals surface area contributed by atoms with Crippen molar-refractivity contribution >= 4 is 23.4 Å². The highest BCUT2D eigenvalue weighted by Gasteiger charge is 2.17. The van der Waals surface area contributed by atoms with Crippen LogP contribution in [0.4, 0.5) is 5.69 Å². The SMILES string of the molecule is CCOc1ccc(C(=O)NCC2CCSC2)cc1N. The van der Waals surface area contributed by atoms with E-state index in [2.05, 4.69) is 5.32 Å². The van der Waals surface area contributed by atoms with Crippen molar-refractivity contribution in [1.29, 1.82) is 0 Å². The number of benzene rings is 1. The van der Waals surface area contributed by atoms with E-state index in [1.54, 1.807) is 18.2 Å². The summed E-state index contributed by atoms with van der Waals surface area (Å²) in [5, 5.41) is 2.97. The van der Waals surface area contributed by atoms with Gasteiger partial charge in [0, 0.05) is 12.1 Å². The van der Waals surface area contributed by atoms with Gasteiger partial charge in [0.2, 0.25) is 0 Å². The molecule has 19 heavy (non-hydrogen) atoms. The number of carbonyl (C=O) groups is 1. The molecule has 1 atom stereocenters. The molecule has 0 aliphatic carbocycles. The Hall–Kier alpha value is -1.36. The van der Waals surface area contributed by atoms with Gasteiger partial charge in [-0.3, -0.25) is 4.79 Å². The van der Waals surface area contributed by atoms with E-state index in [0.29, 0.717) is 29.5 Å². The lowest BCUT2D eigenvalue weighted by Crippen LogP contribution is -2.29. The van der Waals surface area contributed by atoms with Crippen molar-refractivity contribution < 1.29 is 9.53 Å². The lowest BCUT2D eigenvalue weighted by Gasteiger charge is -2.11. The minimum atomic E-state index is -0.0633. The standard InChI is InChI=1S/C14H20N2O2S/c1-2-18-13-4-3-11(7-12(13)15)14(17)16-8-10-5-6-19-9-10/h3-4,7,10H,2,5-6,8-9,15H2,1H3,(H,16,17). The van der Waals surface area contributed by atoms with Gasteiger partial charge in [0.25, 0.3) is 5.91 Å². The predicted octanol–water partition coefficient (Wildman–Crippen LogP) is 2.15. The second kappa shape index (κ2) is 6.70. The Bertz CT molecular complexity index is 445. The van der Waals surface area contributed by atoms with Crippen LogP contribution in [0.2, 0.25) is 0 Å². The highest BCUT2D eigenvalue weighted by Crippen LogP contribution is 2.24. The molecule has 1 aromatic carbocycles. The van der Waals surface area contributed by atoms with Crippen LogP contribution in [-0.4, -0.2) is 30.6 Å². The largest absolute Gasteiger partial charge is 0.492 e. The van der Waals surface area contributed by atoms with Crippen LogP contribution in [0.1, 0.15) is 23.7 Å². The van der Waals surface area contributed by atoms with Crippen molar-refractivity contribution in [1.82, 2.24) is 5.32 Å². The van der Waals surface area contributed by atoms with Crippen LogP contribution in [0.25, 0.3) is 0 Å². The molecule has 104 valence electrons. The van der Waals surface area contributed by atoms with Crippen LogP contribution in [0, 0.1) is 5.92 Å². The zero-order chi connectivity index (χ0) is 13.7. The van der Waals surface area contributed by atoms with E-state index in [1.807, 2.05) is 18.7 Å². The van der Waals surface area contributed by atoms with Crippen LogP contribution in [-0.2, 0) is 0 Å². The first-order chi connectivity index (χ1) is 9.20. The minimum Gasteiger partial charge on any atom is -0.492 e. The lowest BCUT2D eigenvalue weighted by molar-refractivity contribution is 0.0948. The lowest BCUT2D eigenvalue weighted by atomic mass is 10.1. The van der Waals surface area contributed by atoms with Crippen LogP contribution in [0.3, 0.4) is 0 Å². The van der Waals surface area contributed by atoms with Gasteiger partial charge in [-0.25, -0.2) is 0 Å². The molecule has 2 rings (SSSR count). The number of amides is 1. The average molecular weight is 280 g/mol. The van der Waals surface area contributed by atoms with Crippen molar-refractivity contribution in [3.05, 3.63) is 23.8 Å². The fourth-order valence-corrected chi connectivity index (χ4v) is 3.34. The monoisotopic (exact) mass is 280 g/mol. The first-order valence-corrected chi connectivity index (χ1v) is 7.74. The Labute approximate surface area is 118 Å². The number of hydrogen-bond acceptors (Lipinski definition) is 4. The smallest absolute Gasteiger partial charge is 0.251 e. The Morgan fingerprint density at radius 1 is 1.58 bits per heavy atom. The molecule has 0 bridgehead atoms. The second-order valence-corrected chi connectivity index (χ2v) is 5.78. The number of anilines is 1. The van der Waals surface area contributed by atoms with Crippen molar-refractivity contribution in [2.24, 2.45) is 5.92 Å². The number of hydrogen-bond donors (Lipinski definition) is 2. The van der Waals surface area contributed by atoms with E-state index in [4.69, 9.17) is 10.5 Å². The van der Waals surface area contributed by atoms with E-state index in [1.165, 1.54) is 12.2 Å². The molecule has 1 aliphatic heterocycles. The quantitative estimate of drug-likeness (QED) is 0.811. The molecule has 0 aromatic heterocycles. The first kappa shape index (κ1) is 14.1. The Morgan fingerprint density at radius 3 is 3.05 bits per heavy atom. The molecule has 1 saturated heterocycles. The minimum absolute atomic E-state index is 0.0633. The summed E-state index contributed by atoms with van der Waals surface area (Å²) in [4.78, 5) is 12.0. The van der Waals surface area contributed by atoms with Crippen LogP contribution < -0.4 is 15.8 Å². The maximum absolute atomic E-state index is 12.0. The summed E-state index contributed by atoms with van der Waals surface area (Å²) in [5.74, 6) is 3.52. The Balaban J connectivity index is 1.92. The zero-order valence-corrected chi connectivity index (χ0v) is 12.0. The van der Waals surface area contributed by atoms with Crippen molar-refractivity contribution in [3.63, 3.8) is 0 Å². The number of nitrogens with two attached hydrogens (primary N) is 1. The van der Waals surface area contributed by atoms with E-state index < -0.39 is 0 Å². The van der Waals surface area contributed by atoms with Crippen LogP contribution in [0.5, 0.6) is 5.75 Å². The molecular formula is C14H20N2O2S. The Kier molecular flexibility index (Phi) is 4.96. The highest BCUT2D eigenvalue weighted by atomic mass is 32.2. The van der Waals surface area contributed by atoms with Crippen molar-refractivity contribution in [2.75, 3.05) is 30.4 Å². The average Bonchev–Trinajstić information content (AvgIpc) is 2.91. The van der Waals surface area contributed by atoms with Crippen molar-refractivity contribution in [2.45, 2.75) is 13.3 Å². The number of carbonyl (C=O) groups excluding carboxylic acids is 1. The van der Waals surface area contributed by atoms with E-state index in [0.717, 1.165) is 12.3 Å². The summed E-state index contributed by atoms with van der Waals surface area (Å²) < 4.78 is 5.35. The van der Waals surface area contributed by atoms with Gasteiger partial charge in [-0.15, -0.1) is 0 Å². The molecule has 5 heteroatoms. The Morgan fingerprint density at radius 2 is 2.42 bits per heavy atom. The summed E-state index contributed by atoms with van der Waals surface area (Å²) in [5.41, 5.74) is 6.95. The third-order valence-electron chi connectivity index (χ3n) is 3.15. The van der Waals surface area contributed by atoms with Crippen LogP contribution >= 0.6 is 11.8 Å². The van der Waals surface area contributed by atoms with Crippen molar-refractivity contribution in [3.8, 4) is 5.75 Å². The third kappa shape index (κ3) is 3.80. The number of nitrogen functional groups attached to an aromatic ring is 1. The van der Waals surface area contributed by atoms with E-state index in [-0.39, 0.29) is 5.91 Å². The van der Waals surface area contributed by atoms with Crippen LogP contribution in [0.15, 0.2) is 18.2 Å². The molecule has 1 amide bonds. The fourth-order valence-electron chi connectivity index (χ4n) is 2.06. The normalized spacial score (nSPS) is 18.3. The fraction of sp³-hybridized carbons (Fsp3) is 0.500. The summed E-state index contributed by atoms with van der Waals surface area (Å²) in [6.45, 7) is 3.22. The number of rotatable bonds is 5. The molecule has 1 unspecified atom stereocenters. The summed E-state index contributed by atoms with van der Waals surface area (Å²) >= 11 is 1.95. The molecule has 3 N–H and O–H groups in total. The molecule has 1 aliphatic rings. The summed E-state index contributed by atoms with van der Waals surface area (Å²) in [7, 11) is 0. The van der Waals surface area contributed by atoms with E-state index >= 15 is 0 Å². The predicted molar refractivity (Wildman–Crippen MR) is 79.8 cm³/mol. The molecule has 1 aromatic rings. The summed E-state index contributed by atoms with van der Waals surface area (Å²) in [6.07, 6.45) is 1.19. The molecule has 1 fully saturated rings. The molecule has 0 radical (unpaired) electrons. The van der Waals surface area contributed by atoms with Gasteiger partial charge in [0.1, 0.15) is 5.75 Å². The van der Waals surface area contributed by atoms with Gasteiger partial charge < -0.3 is 15.8 Å². The van der Waals surface area contributed by atoms with Gasteiger partial charge in [-0.2, -0.15) is 11.8 Å². The number of thioether (sulfide) groups is 1. The molecule has 1 heterocycles. The maximum Gasteiger partial charge on any atom is 0.251 e. The molecular weight excluding hydrogens is 260 g/mol. The molecule has 0 spiro atoms. The number of nitrogens with one attached hydrogen (secondary N) is 1. The van der Waals surface area contributed by atoms with Gasteiger partial charge in [0.15, 0.2) is 0 Å². The third-order valence-corrected chi connectivity index (χ3v) is 4.38.